The predicted molar refractivity (Wildman–Crippen MR) is 65.6 cm³/mol. The summed E-state index contributed by atoms with van der Waals surface area (Å²) in [7, 11) is 0. The molecule has 0 unspecified atom stereocenters. The molecule has 6 heteroatoms. The largest absolute Gasteiger partial charge is 0.292 e. The molecule has 2 rings (SSSR count). The Bertz CT molecular complexity index is 568. The van der Waals surface area contributed by atoms with Crippen molar-refractivity contribution in [3.63, 3.8) is 0 Å². The van der Waals surface area contributed by atoms with E-state index in [1.165, 1.54) is 4.68 Å². The highest BCUT2D eigenvalue weighted by atomic mass is 127. The summed E-state index contributed by atoms with van der Waals surface area (Å²) in [5.74, 6) is -1.99. The number of halogens is 3. The van der Waals surface area contributed by atoms with Gasteiger partial charge >= 0.3 is 0 Å². The normalized spacial score (nSPS) is 10.5. The Hall–Kier alpha value is -1.31. The van der Waals surface area contributed by atoms with E-state index < -0.39 is 17.4 Å². The van der Waals surface area contributed by atoms with Crippen LogP contribution >= 0.6 is 22.6 Å². The first-order valence-corrected chi connectivity index (χ1v) is 5.80. The Morgan fingerprint density at radius 3 is 2.76 bits per heavy atom. The summed E-state index contributed by atoms with van der Waals surface area (Å²) in [6.07, 6.45) is 3.26. The van der Waals surface area contributed by atoms with Crippen molar-refractivity contribution in [2.45, 2.75) is 6.54 Å². The predicted octanol–water partition coefficient (Wildman–Crippen LogP) is 2.65. The summed E-state index contributed by atoms with van der Waals surface area (Å²) in [6.45, 7) is -0.0639. The van der Waals surface area contributed by atoms with Gasteiger partial charge in [0.1, 0.15) is 18.2 Å². The van der Waals surface area contributed by atoms with Crippen LogP contribution in [0.2, 0.25) is 0 Å². The summed E-state index contributed by atoms with van der Waals surface area (Å²) in [5, 5.41) is 3.92. The van der Waals surface area contributed by atoms with Gasteiger partial charge in [-0.3, -0.25) is 9.48 Å². The summed E-state index contributed by atoms with van der Waals surface area (Å²) in [6, 6.07) is 2.89. The first kappa shape index (κ1) is 12.2. The molecule has 0 amide bonds. The van der Waals surface area contributed by atoms with E-state index in [4.69, 9.17) is 0 Å². The van der Waals surface area contributed by atoms with Crippen LogP contribution in [0, 0.1) is 15.2 Å². The van der Waals surface area contributed by atoms with Crippen molar-refractivity contribution >= 4 is 28.4 Å². The molecular weight excluding hydrogens is 341 g/mol. The van der Waals surface area contributed by atoms with Gasteiger partial charge in [0.15, 0.2) is 5.78 Å². The van der Waals surface area contributed by atoms with Crippen molar-refractivity contribution in [2.24, 2.45) is 0 Å². The molecule has 0 saturated heterocycles. The van der Waals surface area contributed by atoms with Gasteiger partial charge in [0.05, 0.1) is 15.3 Å². The lowest BCUT2D eigenvalue weighted by Gasteiger charge is -2.02. The van der Waals surface area contributed by atoms with Gasteiger partial charge in [-0.25, -0.2) is 8.78 Å². The number of aromatic nitrogens is 2. The molecule has 0 aliphatic carbocycles. The number of hydrogen-bond donors (Lipinski definition) is 0. The summed E-state index contributed by atoms with van der Waals surface area (Å²) >= 11 is 2.05. The molecule has 0 fully saturated rings. The van der Waals surface area contributed by atoms with Crippen molar-refractivity contribution in [1.82, 2.24) is 9.78 Å². The van der Waals surface area contributed by atoms with E-state index in [2.05, 4.69) is 27.7 Å². The standard InChI is InChI=1S/C11H7F2IN2O/c12-7-1-2-9(10(13)3-7)11(17)6-16-5-8(14)4-15-16/h1-5H,6H2. The van der Waals surface area contributed by atoms with Gasteiger partial charge in [-0.2, -0.15) is 5.10 Å². The molecule has 0 aliphatic rings. The molecule has 0 radical (unpaired) electrons. The van der Waals surface area contributed by atoms with Crippen molar-refractivity contribution in [3.05, 3.63) is 51.4 Å². The number of carbonyl (C=O) groups excluding carboxylic acids is 1. The Morgan fingerprint density at radius 2 is 2.18 bits per heavy atom. The van der Waals surface area contributed by atoms with Gasteiger partial charge in [-0.1, -0.05) is 0 Å². The maximum atomic E-state index is 13.3. The van der Waals surface area contributed by atoms with E-state index in [9.17, 15) is 13.6 Å². The molecule has 0 bridgehead atoms. The van der Waals surface area contributed by atoms with E-state index in [1.54, 1.807) is 12.4 Å². The number of carbonyl (C=O) groups is 1. The van der Waals surface area contributed by atoms with Gasteiger partial charge in [0, 0.05) is 12.3 Å². The minimum absolute atomic E-state index is 0.0639. The highest BCUT2D eigenvalue weighted by Crippen LogP contribution is 2.11. The van der Waals surface area contributed by atoms with Gasteiger partial charge in [-0.05, 0) is 34.7 Å². The fraction of sp³-hybridized carbons (Fsp3) is 0.0909. The number of ketones is 1. The topological polar surface area (TPSA) is 34.9 Å². The molecule has 88 valence electrons. The molecule has 1 aromatic heterocycles. The fourth-order valence-electron chi connectivity index (χ4n) is 1.37. The number of rotatable bonds is 3. The Kier molecular flexibility index (Phi) is 3.51. The van der Waals surface area contributed by atoms with Gasteiger partial charge in [-0.15, -0.1) is 0 Å². The molecule has 17 heavy (non-hydrogen) atoms. The zero-order valence-corrected chi connectivity index (χ0v) is 10.7. The molecule has 0 aliphatic heterocycles. The van der Waals surface area contributed by atoms with Crippen molar-refractivity contribution in [1.29, 1.82) is 0 Å². The van der Waals surface area contributed by atoms with Crippen LogP contribution in [0.3, 0.4) is 0 Å². The first-order chi connectivity index (χ1) is 8.06. The number of hydrogen-bond acceptors (Lipinski definition) is 2. The Balaban J connectivity index is 2.20. The summed E-state index contributed by atoms with van der Waals surface area (Å²) in [4.78, 5) is 11.7. The summed E-state index contributed by atoms with van der Waals surface area (Å²) in [5.41, 5.74) is -0.128. The highest BCUT2D eigenvalue weighted by molar-refractivity contribution is 14.1. The minimum atomic E-state index is -0.850. The van der Waals surface area contributed by atoms with Crippen LogP contribution in [0.15, 0.2) is 30.6 Å². The highest BCUT2D eigenvalue weighted by Gasteiger charge is 2.13. The quantitative estimate of drug-likeness (QED) is 0.632. The molecule has 1 aromatic carbocycles. The van der Waals surface area contributed by atoms with Crippen LogP contribution in [-0.2, 0) is 6.54 Å². The molecule has 0 spiro atoms. The summed E-state index contributed by atoms with van der Waals surface area (Å²) < 4.78 is 28.3. The van der Waals surface area contributed by atoms with Gasteiger partial charge in [0.2, 0.25) is 0 Å². The monoisotopic (exact) mass is 348 g/mol. The van der Waals surface area contributed by atoms with Crippen molar-refractivity contribution in [2.75, 3.05) is 0 Å². The molecule has 1 heterocycles. The zero-order valence-electron chi connectivity index (χ0n) is 8.53. The van der Waals surface area contributed by atoms with Gasteiger partial charge < -0.3 is 0 Å². The van der Waals surface area contributed by atoms with Crippen LogP contribution in [0.25, 0.3) is 0 Å². The van der Waals surface area contributed by atoms with E-state index >= 15 is 0 Å². The molecule has 3 nitrogen and oxygen atoms in total. The first-order valence-electron chi connectivity index (χ1n) is 4.72. The third-order valence-electron chi connectivity index (χ3n) is 2.14. The molecule has 2 aromatic rings. The van der Waals surface area contributed by atoms with Gasteiger partial charge in [0.25, 0.3) is 0 Å². The van der Waals surface area contributed by atoms with E-state index in [0.29, 0.717) is 6.07 Å². The van der Waals surface area contributed by atoms with Crippen molar-refractivity contribution in [3.8, 4) is 0 Å². The Morgan fingerprint density at radius 1 is 1.41 bits per heavy atom. The van der Waals surface area contributed by atoms with Crippen LogP contribution in [0.1, 0.15) is 10.4 Å². The second-order valence-electron chi connectivity index (χ2n) is 3.40. The number of benzene rings is 1. The van der Waals surface area contributed by atoms with Crippen molar-refractivity contribution < 1.29 is 13.6 Å². The second kappa shape index (κ2) is 4.91. The lowest BCUT2D eigenvalue weighted by molar-refractivity contribution is 0.0963. The third-order valence-corrected chi connectivity index (χ3v) is 2.70. The third kappa shape index (κ3) is 2.87. The van der Waals surface area contributed by atoms with Crippen LogP contribution in [0.4, 0.5) is 8.78 Å². The number of nitrogens with zero attached hydrogens (tertiary/aromatic N) is 2. The molecular formula is C11H7F2IN2O. The van der Waals surface area contributed by atoms with Crippen LogP contribution in [0.5, 0.6) is 0 Å². The number of Topliss-reactive ketones (excluding diaryl/α,β-unsaturated/α-hetero) is 1. The molecule has 0 atom stereocenters. The van der Waals surface area contributed by atoms with E-state index in [1.807, 2.05) is 0 Å². The average Bonchev–Trinajstić information content (AvgIpc) is 2.63. The maximum Gasteiger partial charge on any atom is 0.187 e. The zero-order chi connectivity index (χ0) is 12.4. The Labute approximate surface area is 110 Å². The fourth-order valence-corrected chi connectivity index (χ4v) is 1.82. The SMILES string of the molecule is O=C(Cn1cc(I)cn1)c1ccc(F)cc1F. The second-order valence-corrected chi connectivity index (χ2v) is 4.65. The van der Waals surface area contributed by atoms with E-state index in [-0.39, 0.29) is 12.1 Å². The van der Waals surface area contributed by atoms with E-state index in [0.717, 1.165) is 15.7 Å². The van der Waals surface area contributed by atoms with Crippen LogP contribution < -0.4 is 0 Å². The lowest BCUT2D eigenvalue weighted by Crippen LogP contribution is -2.12. The maximum absolute atomic E-state index is 13.3. The molecule has 0 saturated carbocycles. The van der Waals surface area contributed by atoms with Crippen LogP contribution in [-0.4, -0.2) is 15.6 Å². The lowest BCUT2D eigenvalue weighted by atomic mass is 10.1. The average molecular weight is 348 g/mol. The minimum Gasteiger partial charge on any atom is -0.292 e. The smallest absolute Gasteiger partial charge is 0.187 e. The molecule has 0 N–H and O–H groups in total.